The second kappa shape index (κ2) is 6.65. The van der Waals surface area contributed by atoms with Gasteiger partial charge in [-0.15, -0.1) is 0 Å². The van der Waals surface area contributed by atoms with Crippen LogP contribution in [0.2, 0.25) is 0 Å². The molecule has 19 heavy (non-hydrogen) atoms. The molecule has 0 radical (unpaired) electrons. The van der Waals surface area contributed by atoms with Crippen LogP contribution in [-0.2, 0) is 6.54 Å². The Morgan fingerprint density at radius 2 is 2.00 bits per heavy atom. The number of halogens is 3. The molecule has 108 valence electrons. The molecule has 0 saturated carbocycles. The van der Waals surface area contributed by atoms with E-state index in [0.29, 0.717) is 30.0 Å². The van der Waals surface area contributed by atoms with E-state index in [0.717, 1.165) is 0 Å². The van der Waals surface area contributed by atoms with Crippen molar-refractivity contribution in [3.05, 3.63) is 23.8 Å². The first-order chi connectivity index (χ1) is 8.85. The second-order valence-electron chi connectivity index (χ2n) is 4.40. The standard InChI is InChI=1S/C13H19F3N2O/c1-3-6-18(9-13(14,15)16)8-10-4-5-11(17)7-12(10)19-2/h4-5,7H,3,6,8-9,17H2,1-2H3. The number of hydrogen-bond acceptors (Lipinski definition) is 3. The Kier molecular flexibility index (Phi) is 5.47. The molecule has 3 nitrogen and oxygen atoms in total. The summed E-state index contributed by atoms with van der Waals surface area (Å²) in [5.74, 6) is 0.517. The number of methoxy groups -OCH3 is 1. The molecule has 0 atom stereocenters. The zero-order valence-corrected chi connectivity index (χ0v) is 11.1. The average molecular weight is 276 g/mol. The topological polar surface area (TPSA) is 38.5 Å². The Labute approximate surface area is 111 Å². The molecule has 0 fully saturated rings. The SMILES string of the molecule is CCCN(Cc1ccc(N)cc1OC)CC(F)(F)F. The van der Waals surface area contributed by atoms with Gasteiger partial charge in [-0.3, -0.25) is 4.90 Å². The summed E-state index contributed by atoms with van der Waals surface area (Å²) in [5, 5.41) is 0. The van der Waals surface area contributed by atoms with Gasteiger partial charge in [0.15, 0.2) is 0 Å². The summed E-state index contributed by atoms with van der Waals surface area (Å²) in [6.07, 6.45) is -3.54. The van der Waals surface area contributed by atoms with E-state index in [-0.39, 0.29) is 6.54 Å². The van der Waals surface area contributed by atoms with Crippen LogP contribution in [-0.4, -0.2) is 31.3 Å². The van der Waals surface area contributed by atoms with Crippen molar-refractivity contribution in [2.75, 3.05) is 25.9 Å². The van der Waals surface area contributed by atoms with Gasteiger partial charge in [0.2, 0.25) is 0 Å². The summed E-state index contributed by atoms with van der Waals surface area (Å²) in [5.41, 5.74) is 6.85. The lowest BCUT2D eigenvalue weighted by atomic mass is 10.1. The number of alkyl halides is 3. The minimum absolute atomic E-state index is 0.191. The number of anilines is 1. The highest BCUT2D eigenvalue weighted by Gasteiger charge is 2.30. The highest BCUT2D eigenvalue weighted by atomic mass is 19.4. The minimum atomic E-state index is -4.20. The van der Waals surface area contributed by atoms with Crippen molar-refractivity contribution in [1.82, 2.24) is 4.90 Å². The van der Waals surface area contributed by atoms with E-state index in [9.17, 15) is 13.2 Å². The molecule has 1 aromatic carbocycles. The number of nitrogens with two attached hydrogens (primary N) is 1. The summed E-state index contributed by atoms with van der Waals surface area (Å²) < 4.78 is 42.6. The fourth-order valence-corrected chi connectivity index (χ4v) is 1.92. The number of nitrogens with zero attached hydrogens (tertiary/aromatic N) is 1. The molecular formula is C13H19F3N2O. The molecule has 0 aliphatic heterocycles. The monoisotopic (exact) mass is 276 g/mol. The zero-order chi connectivity index (χ0) is 14.5. The molecule has 0 saturated heterocycles. The summed E-state index contributed by atoms with van der Waals surface area (Å²) >= 11 is 0. The van der Waals surface area contributed by atoms with E-state index in [1.807, 2.05) is 6.92 Å². The van der Waals surface area contributed by atoms with E-state index < -0.39 is 12.7 Å². The summed E-state index contributed by atoms with van der Waals surface area (Å²) in [6, 6.07) is 4.98. The molecule has 2 N–H and O–H groups in total. The Balaban J connectivity index is 2.84. The Hall–Kier alpha value is -1.43. The Morgan fingerprint density at radius 3 is 2.53 bits per heavy atom. The third-order valence-corrected chi connectivity index (χ3v) is 2.65. The normalized spacial score (nSPS) is 11.9. The van der Waals surface area contributed by atoms with Crippen molar-refractivity contribution in [2.24, 2.45) is 0 Å². The van der Waals surface area contributed by atoms with Gasteiger partial charge in [-0.05, 0) is 19.0 Å². The van der Waals surface area contributed by atoms with Crippen LogP contribution in [0.3, 0.4) is 0 Å². The second-order valence-corrected chi connectivity index (χ2v) is 4.40. The maximum atomic E-state index is 12.5. The van der Waals surface area contributed by atoms with Gasteiger partial charge in [0.05, 0.1) is 13.7 Å². The van der Waals surface area contributed by atoms with Gasteiger partial charge in [-0.1, -0.05) is 13.0 Å². The molecule has 0 spiro atoms. The van der Waals surface area contributed by atoms with Crippen LogP contribution in [0, 0.1) is 0 Å². The number of nitrogen functional groups attached to an aromatic ring is 1. The van der Waals surface area contributed by atoms with E-state index in [1.165, 1.54) is 12.0 Å². The van der Waals surface area contributed by atoms with Crippen molar-refractivity contribution >= 4 is 5.69 Å². The van der Waals surface area contributed by atoms with Gasteiger partial charge in [-0.25, -0.2) is 0 Å². The lowest BCUT2D eigenvalue weighted by molar-refractivity contribution is -0.147. The van der Waals surface area contributed by atoms with Gasteiger partial charge < -0.3 is 10.5 Å². The highest BCUT2D eigenvalue weighted by molar-refractivity contribution is 5.48. The molecule has 0 aliphatic carbocycles. The molecule has 0 amide bonds. The number of hydrogen-bond donors (Lipinski definition) is 1. The quantitative estimate of drug-likeness (QED) is 0.812. The lowest BCUT2D eigenvalue weighted by Gasteiger charge is -2.24. The Morgan fingerprint density at radius 1 is 1.32 bits per heavy atom. The molecule has 0 aromatic heterocycles. The molecule has 1 aromatic rings. The van der Waals surface area contributed by atoms with Crippen LogP contribution in [0.1, 0.15) is 18.9 Å². The number of rotatable bonds is 6. The van der Waals surface area contributed by atoms with Gasteiger partial charge in [-0.2, -0.15) is 13.2 Å². The smallest absolute Gasteiger partial charge is 0.401 e. The van der Waals surface area contributed by atoms with Crippen molar-refractivity contribution in [1.29, 1.82) is 0 Å². The predicted molar refractivity (Wildman–Crippen MR) is 69.0 cm³/mol. The molecule has 0 aliphatic rings. The number of ether oxygens (including phenoxy) is 1. The molecule has 1 rings (SSSR count). The van der Waals surface area contributed by atoms with E-state index in [1.54, 1.807) is 18.2 Å². The van der Waals surface area contributed by atoms with Crippen LogP contribution in [0.5, 0.6) is 5.75 Å². The van der Waals surface area contributed by atoms with Crippen LogP contribution in [0.25, 0.3) is 0 Å². The first-order valence-corrected chi connectivity index (χ1v) is 6.07. The maximum Gasteiger partial charge on any atom is 0.401 e. The first kappa shape index (κ1) is 15.6. The summed E-state index contributed by atoms with van der Waals surface area (Å²) in [4.78, 5) is 1.36. The van der Waals surface area contributed by atoms with E-state index in [4.69, 9.17) is 10.5 Å². The van der Waals surface area contributed by atoms with E-state index >= 15 is 0 Å². The fourth-order valence-electron chi connectivity index (χ4n) is 1.92. The Bertz CT molecular complexity index is 407. The third kappa shape index (κ3) is 5.38. The van der Waals surface area contributed by atoms with Crippen molar-refractivity contribution in [2.45, 2.75) is 26.1 Å². The lowest BCUT2D eigenvalue weighted by Crippen LogP contribution is -2.34. The minimum Gasteiger partial charge on any atom is -0.496 e. The summed E-state index contributed by atoms with van der Waals surface area (Å²) in [7, 11) is 1.48. The van der Waals surface area contributed by atoms with Crippen LogP contribution < -0.4 is 10.5 Å². The fraction of sp³-hybridized carbons (Fsp3) is 0.538. The summed E-state index contributed by atoms with van der Waals surface area (Å²) in [6.45, 7) is 1.50. The molecule has 6 heteroatoms. The first-order valence-electron chi connectivity index (χ1n) is 6.07. The predicted octanol–water partition coefficient (Wildman–Crippen LogP) is 3.05. The highest BCUT2D eigenvalue weighted by Crippen LogP contribution is 2.25. The van der Waals surface area contributed by atoms with Gasteiger partial charge >= 0.3 is 6.18 Å². The van der Waals surface area contributed by atoms with Crippen LogP contribution in [0.15, 0.2) is 18.2 Å². The van der Waals surface area contributed by atoms with Crippen molar-refractivity contribution < 1.29 is 17.9 Å². The van der Waals surface area contributed by atoms with Crippen LogP contribution in [0.4, 0.5) is 18.9 Å². The van der Waals surface area contributed by atoms with Crippen molar-refractivity contribution in [3.63, 3.8) is 0 Å². The molecular weight excluding hydrogens is 257 g/mol. The molecule has 0 bridgehead atoms. The maximum absolute atomic E-state index is 12.5. The average Bonchev–Trinajstić information content (AvgIpc) is 2.29. The van der Waals surface area contributed by atoms with Gasteiger partial charge in [0.25, 0.3) is 0 Å². The van der Waals surface area contributed by atoms with Gasteiger partial charge in [0.1, 0.15) is 5.75 Å². The largest absolute Gasteiger partial charge is 0.496 e. The molecule has 0 unspecified atom stereocenters. The van der Waals surface area contributed by atoms with Crippen molar-refractivity contribution in [3.8, 4) is 5.75 Å². The van der Waals surface area contributed by atoms with Gasteiger partial charge in [0, 0.05) is 23.9 Å². The number of benzene rings is 1. The molecule has 0 heterocycles. The van der Waals surface area contributed by atoms with Crippen LogP contribution >= 0.6 is 0 Å². The van der Waals surface area contributed by atoms with E-state index in [2.05, 4.69) is 0 Å². The zero-order valence-electron chi connectivity index (χ0n) is 11.1. The third-order valence-electron chi connectivity index (χ3n) is 2.65.